The molecule has 0 radical (unpaired) electrons. The molecule has 0 amide bonds. The number of ether oxygens (including phenoxy) is 1. The van der Waals surface area contributed by atoms with Crippen molar-refractivity contribution in [2.45, 2.75) is 12.1 Å². The Labute approximate surface area is 58.2 Å². The molecule has 1 rings (SSSR count). The predicted molar refractivity (Wildman–Crippen MR) is 33.5 cm³/mol. The maximum atomic E-state index is 10.0. The van der Waals surface area contributed by atoms with E-state index < -0.39 is 11.9 Å². The van der Waals surface area contributed by atoms with Crippen LogP contribution in [-0.2, 0) is 4.74 Å². The summed E-state index contributed by atoms with van der Waals surface area (Å²) in [4.78, 5) is 10.0. The van der Waals surface area contributed by atoms with Gasteiger partial charge in [-0.1, -0.05) is 0 Å². The summed E-state index contributed by atoms with van der Waals surface area (Å²) in [6.45, 7) is 1.11. The molecule has 1 atom stereocenters. The van der Waals surface area contributed by atoms with Crippen LogP contribution in [0.25, 0.3) is 0 Å². The van der Waals surface area contributed by atoms with E-state index in [1.165, 1.54) is 0 Å². The minimum Gasteiger partial charge on any atom is -0.450 e. The molecule has 0 aromatic carbocycles. The standard InChI is InChI=1S/C5H10N2O3/c6-5(10-4(8)9)1-2-7-3-5/h7H,1-3,6H2,(H,8,9). The molecule has 1 aliphatic heterocycles. The van der Waals surface area contributed by atoms with Gasteiger partial charge in [-0.25, -0.2) is 4.79 Å². The topological polar surface area (TPSA) is 84.6 Å². The number of carboxylic acid groups (broad SMARTS) is 1. The third-order valence-corrected chi connectivity index (χ3v) is 1.44. The number of nitrogens with one attached hydrogen (secondary N) is 1. The van der Waals surface area contributed by atoms with Crippen LogP contribution in [0.5, 0.6) is 0 Å². The van der Waals surface area contributed by atoms with Crippen LogP contribution < -0.4 is 11.1 Å². The first-order valence-electron chi connectivity index (χ1n) is 3.04. The molecule has 1 unspecified atom stereocenters. The van der Waals surface area contributed by atoms with Crippen molar-refractivity contribution in [3.05, 3.63) is 0 Å². The molecule has 0 saturated carbocycles. The lowest BCUT2D eigenvalue weighted by molar-refractivity contribution is -0.00272. The minimum absolute atomic E-state index is 0.402. The second-order valence-electron chi connectivity index (χ2n) is 2.36. The van der Waals surface area contributed by atoms with Crippen LogP contribution >= 0.6 is 0 Å². The van der Waals surface area contributed by atoms with E-state index in [4.69, 9.17) is 10.8 Å². The second-order valence-corrected chi connectivity index (χ2v) is 2.36. The first-order chi connectivity index (χ1) is 4.62. The molecule has 4 N–H and O–H groups in total. The van der Waals surface area contributed by atoms with E-state index in [2.05, 4.69) is 10.1 Å². The number of rotatable bonds is 1. The van der Waals surface area contributed by atoms with E-state index in [0.29, 0.717) is 19.5 Å². The Balaban J connectivity index is 2.43. The van der Waals surface area contributed by atoms with E-state index in [-0.39, 0.29) is 0 Å². The van der Waals surface area contributed by atoms with Crippen molar-refractivity contribution in [2.24, 2.45) is 5.73 Å². The van der Waals surface area contributed by atoms with Crippen LogP contribution in [-0.4, -0.2) is 30.1 Å². The molecule has 0 aliphatic carbocycles. The Kier molecular flexibility index (Phi) is 1.78. The summed E-state index contributed by atoms with van der Waals surface area (Å²) < 4.78 is 4.43. The highest BCUT2D eigenvalue weighted by Crippen LogP contribution is 2.11. The molecule has 0 bridgehead atoms. The smallest absolute Gasteiger partial charge is 0.450 e. The van der Waals surface area contributed by atoms with Crippen molar-refractivity contribution >= 4 is 6.16 Å². The third kappa shape index (κ3) is 1.58. The maximum Gasteiger partial charge on any atom is 0.507 e. The molecule has 10 heavy (non-hydrogen) atoms. The highest BCUT2D eigenvalue weighted by atomic mass is 16.7. The summed E-state index contributed by atoms with van der Waals surface area (Å²) in [5.41, 5.74) is 4.50. The molecule has 5 heteroatoms. The molecule has 58 valence electrons. The Bertz CT molecular complexity index is 142. The highest BCUT2D eigenvalue weighted by molar-refractivity contribution is 5.57. The Hall–Kier alpha value is -0.810. The Morgan fingerprint density at radius 1 is 1.80 bits per heavy atom. The second kappa shape index (κ2) is 2.43. The van der Waals surface area contributed by atoms with Crippen LogP contribution in [0.3, 0.4) is 0 Å². The van der Waals surface area contributed by atoms with Gasteiger partial charge < -0.3 is 15.2 Å². The van der Waals surface area contributed by atoms with Crippen molar-refractivity contribution < 1.29 is 14.6 Å². The Morgan fingerprint density at radius 2 is 2.50 bits per heavy atom. The van der Waals surface area contributed by atoms with Crippen LogP contribution in [0.2, 0.25) is 0 Å². The number of hydrogen-bond donors (Lipinski definition) is 3. The van der Waals surface area contributed by atoms with Crippen LogP contribution in [0.4, 0.5) is 4.79 Å². The lowest BCUT2D eigenvalue weighted by Gasteiger charge is -2.20. The fourth-order valence-corrected chi connectivity index (χ4v) is 0.949. The van der Waals surface area contributed by atoms with Gasteiger partial charge in [0.2, 0.25) is 0 Å². The summed E-state index contributed by atoms with van der Waals surface area (Å²) >= 11 is 0. The van der Waals surface area contributed by atoms with Crippen molar-refractivity contribution in [2.75, 3.05) is 13.1 Å². The van der Waals surface area contributed by atoms with Gasteiger partial charge >= 0.3 is 6.16 Å². The summed E-state index contributed by atoms with van der Waals surface area (Å²) in [6, 6.07) is 0. The average Bonchev–Trinajstić information content (AvgIpc) is 2.12. The lowest BCUT2D eigenvalue weighted by atomic mass is 10.2. The van der Waals surface area contributed by atoms with E-state index in [1.807, 2.05) is 0 Å². The van der Waals surface area contributed by atoms with Crippen LogP contribution in [0.15, 0.2) is 0 Å². The number of nitrogens with two attached hydrogens (primary N) is 1. The zero-order valence-corrected chi connectivity index (χ0v) is 5.46. The molecule has 1 heterocycles. The predicted octanol–water partition coefficient (Wildman–Crippen LogP) is -0.671. The van der Waals surface area contributed by atoms with Crippen LogP contribution in [0, 0.1) is 0 Å². The summed E-state index contributed by atoms with van der Waals surface area (Å²) in [6.07, 6.45) is -0.773. The summed E-state index contributed by atoms with van der Waals surface area (Å²) in [5, 5.41) is 11.1. The van der Waals surface area contributed by atoms with Crippen molar-refractivity contribution in [3.8, 4) is 0 Å². The van der Waals surface area contributed by atoms with Gasteiger partial charge in [0, 0.05) is 19.5 Å². The van der Waals surface area contributed by atoms with Crippen molar-refractivity contribution in [1.82, 2.24) is 5.32 Å². The first kappa shape index (κ1) is 7.30. The van der Waals surface area contributed by atoms with E-state index >= 15 is 0 Å². The molecule has 1 fully saturated rings. The van der Waals surface area contributed by atoms with Gasteiger partial charge in [0.1, 0.15) is 0 Å². The molecule has 0 aromatic heterocycles. The molecule has 1 saturated heterocycles. The third-order valence-electron chi connectivity index (χ3n) is 1.44. The molecule has 1 aliphatic rings. The molecule has 0 aromatic rings. The van der Waals surface area contributed by atoms with E-state index in [9.17, 15) is 4.79 Å². The summed E-state index contributed by atoms with van der Waals surface area (Å²) in [7, 11) is 0. The zero-order chi connectivity index (χ0) is 7.61. The van der Waals surface area contributed by atoms with Gasteiger partial charge in [0.15, 0.2) is 5.72 Å². The first-order valence-corrected chi connectivity index (χ1v) is 3.04. The molecular weight excluding hydrogens is 136 g/mol. The molecule has 0 spiro atoms. The quantitative estimate of drug-likeness (QED) is 0.337. The maximum absolute atomic E-state index is 10.0. The fraction of sp³-hybridized carbons (Fsp3) is 0.800. The Morgan fingerprint density at radius 3 is 2.90 bits per heavy atom. The van der Waals surface area contributed by atoms with Gasteiger partial charge in [-0.3, -0.25) is 5.73 Å². The number of carbonyl (C=O) groups is 1. The number of hydrogen-bond acceptors (Lipinski definition) is 4. The van der Waals surface area contributed by atoms with Crippen molar-refractivity contribution in [1.29, 1.82) is 0 Å². The minimum atomic E-state index is -1.31. The monoisotopic (exact) mass is 146 g/mol. The summed E-state index contributed by atoms with van der Waals surface area (Å²) in [5.74, 6) is 0. The van der Waals surface area contributed by atoms with Gasteiger partial charge in [0.25, 0.3) is 0 Å². The normalized spacial score (nSPS) is 32.1. The SMILES string of the molecule is NC1(OC(=O)O)CCNC1. The van der Waals surface area contributed by atoms with Gasteiger partial charge in [-0.05, 0) is 0 Å². The lowest BCUT2D eigenvalue weighted by Crippen LogP contribution is -2.46. The van der Waals surface area contributed by atoms with E-state index in [1.54, 1.807) is 0 Å². The van der Waals surface area contributed by atoms with Gasteiger partial charge in [0.05, 0.1) is 0 Å². The van der Waals surface area contributed by atoms with Gasteiger partial charge in [-0.2, -0.15) is 0 Å². The highest BCUT2D eigenvalue weighted by Gasteiger charge is 2.33. The molecule has 5 nitrogen and oxygen atoms in total. The van der Waals surface area contributed by atoms with Crippen molar-refractivity contribution in [3.63, 3.8) is 0 Å². The fourth-order valence-electron chi connectivity index (χ4n) is 0.949. The average molecular weight is 146 g/mol. The van der Waals surface area contributed by atoms with Crippen LogP contribution in [0.1, 0.15) is 6.42 Å². The van der Waals surface area contributed by atoms with E-state index in [0.717, 1.165) is 0 Å². The van der Waals surface area contributed by atoms with Gasteiger partial charge in [-0.15, -0.1) is 0 Å². The largest absolute Gasteiger partial charge is 0.507 e. The molecular formula is C5H10N2O3. The zero-order valence-electron chi connectivity index (χ0n) is 5.46.